The summed E-state index contributed by atoms with van der Waals surface area (Å²) in [7, 11) is 1.61. The van der Waals surface area contributed by atoms with Crippen molar-refractivity contribution < 1.29 is 19.1 Å². The Kier molecular flexibility index (Phi) is 7.10. The number of hydrogen-bond acceptors (Lipinski definition) is 6. The molecule has 0 radical (unpaired) electrons. The van der Waals surface area contributed by atoms with Crippen LogP contribution in [0.4, 0.5) is 5.13 Å². The third kappa shape index (κ3) is 6.23. The minimum atomic E-state index is -0.552. The summed E-state index contributed by atoms with van der Waals surface area (Å²) in [5.74, 6) is -0.978. The van der Waals surface area contributed by atoms with E-state index in [1.54, 1.807) is 37.6 Å². The molecule has 0 saturated carbocycles. The maximum Gasteiger partial charge on any atom is 0.338 e. The lowest BCUT2D eigenvalue weighted by atomic mass is 10.1. The average Bonchev–Trinajstić information content (AvgIpc) is 3.15. The Morgan fingerprint density at radius 2 is 1.72 bits per heavy atom. The van der Waals surface area contributed by atoms with Crippen molar-refractivity contribution in [2.24, 2.45) is 0 Å². The lowest BCUT2D eigenvalue weighted by Crippen LogP contribution is -2.20. The molecule has 0 spiro atoms. The fourth-order valence-corrected chi connectivity index (χ4v) is 3.49. The van der Waals surface area contributed by atoms with Crippen molar-refractivity contribution in [1.29, 1.82) is 0 Å². The highest BCUT2D eigenvalue weighted by molar-refractivity contribution is 7.15. The number of aromatic nitrogens is 1. The first-order valence-electron chi connectivity index (χ1n) is 9.08. The van der Waals surface area contributed by atoms with Gasteiger partial charge in [0.05, 0.1) is 12.2 Å². The maximum atomic E-state index is 12.1. The summed E-state index contributed by atoms with van der Waals surface area (Å²) in [6.07, 6.45) is 2.50. The Labute approximate surface area is 173 Å². The van der Waals surface area contributed by atoms with E-state index < -0.39 is 11.9 Å². The molecule has 2 aromatic carbocycles. The SMILES string of the molecule is COCc1ccc(C(=O)OCC(=O)Nc2ncc(Cc3ccc(C)cc3)s2)cc1. The van der Waals surface area contributed by atoms with Gasteiger partial charge in [0.15, 0.2) is 11.7 Å². The van der Waals surface area contributed by atoms with Crippen LogP contribution in [0, 0.1) is 6.92 Å². The molecule has 1 N–H and O–H groups in total. The Morgan fingerprint density at radius 3 is 2.41 bits per heavy atom. The third-order valence-electron chi connectivity index (χ3n) is 4.13. The van der Waals surface area contributed by atoms with Gasteiger partial charge in [0, 0.05) is 24.6 Å². The number of benzene rings is 2. The molecule has 0 saturated heterocycles. The normalized spacial score (nSPS) is 10.6. The summed E-state index contributed by atoms with van der Waals surface area (Å²) in [5, 5.41) is 3.15. The van der Waals surface area contributed by atoms with Crippen molar-refractivity contribution in [3.05, 3.63) is 81.9 Å². The van der Waals surface area contributed by atoms with Crippen LogP contribution >= 0.6 is 11.3 Å². The molecule has 0 bridgehead atoms. The van der Waals surface area contributed by atoms with E-state index >= 15 is 0 Å². The number of esters is 1. The van der Waals surface area contributed by atoms with E-state index in [9.17, 15) is 9.59 Å². The summed E-state index contributed by atoms with van der Waals surface area (Å²) in [5.41, 5.74) is 3.73. The van der Waals surface area contributed by atoms with Gasteiger partial charge in [-0.2, -0.15) is 0 Å². The number of hydrogen-bond donors (Lipinski definition) is 1. The topological polar surface area (TPSA) is 77.5 Å². The van der Waals surface area contributed by atoms with Gasteiger partial charge >= 0.3 is 5.97 Å². The molecule has 0 fully saturated rings. The molecular weight excluding hydrogens is 388 g/mol. The highest BCUT2D eigenvalue weighted by Crippen LogP contribution is 2.21. The van der Waals surface area contributed by atoms with Gasteiger partial charge in [-0.15, -0.1) is 11.3 Å². The molecule has 1 aromatic heterocycles. The average molecular weight is 410 g/mol. The zero-order valence-corrected chi connectivity index (χ0v) is 17.1. The fourth-order valence-electron chi connectivity index (χ4n) is 2.63. The van der Waals surface area contributed by atoms with Crippen LogP contribution in [0.5, 0.6) is 0 Å². The number of amides is 1. The Balaban J connectivity index is 1.47. The van der Waals surface area contributed by atoms with Crippen LogP contribution in [-0.2, 0) is 27.3 Å². The molecule has 29 heavy (non-hydrogen) atoms. The minimum absolute atomic E-state index is 0.370. The molecule has 150 valence electrons. The number of carbonyl (C=O) groups is 2. The quantitative estimate of drug-likeness (QED) is 0.568. The second kappa shape index (κ2) is 9.95. The Morgan fingerprint density at radius 1 is 1.03 bits per heavy atom. The number of nitrogens with one attached hydrogen (secondary N) is 1. The van der Waals surface area contributed by atoms with Gasteiger partial charge in [0.2, 0.25) is 0 Å². The number of carbonyl (C=O) groups excluding carboxylic acids is 2. The molecule has 0 aliphatic carbocycles. The number of aryl methyl sites for hydroxylation is 1. The lowest BCUT2D eigenvalue weighted by Gasteiger charge is -2.05. The zero-order chi connectivity index (χ0) is 20.6. The standard InChI is InChI=1S/C22H22N2O4S/c1-15-3-5-16(6-4-15)11-19-12-23-22(29-19)24-20(25)14-28-21(26)18-9-7-17(8-10-18)13-27-2/h3-10,12H,11,13-14H2,1-2H3,(H,23,24,25). The molecule has 0 aliphatic heterocycles. The molecule has 7 heteroatoms. The molecule has 3 aromatic rings. The molecule has 0 unspecified atom stereocenters. The van der Waals surface area contributed by atoms with E-state index in [1.807, 2.05) is 6.92 Å². The first-order valence-corrected chi connectivity index (χ1v) is 9.90. The first kappa shape index (κ1) is 20.7. The summed E-state index contributed by atoms with van der Waals surface area (Å²) < 4.78 is 10.1. The van der Waals surface area contributed by atoms with Crippen LogP contribution in [-0.4, -0.2) is 30.6 Å². The highest BCUT2D eigenvalue weighted by Gasteiger charge is 2.12. The van der Waals surface area contributed by atoms with Crippen LogP contribution in [0.1, 0.15) is 31.9 Å². The van der Waals surface area contributed by atoms with Gasteiger partial charge in [-0.3, -0.25) is 10.1 Å². The van der Waals surface area contributed by atoms with E-state index in [1.165, 1.54) is 22.5 Å². The predicted octanol–water partition coefficient (Wildman–Crippen LogP) is 3.98. The van der Waals surface area contributed by atoms with Gasteiger partial charge in [0.1, 0.15) is 0 Å². The predicted molar refractivity (Wildman–Crippen MR) is 112 cm³/mol. The smallest absolute Gasteiger partial charge is 0.338 e. The fraction of sp³-hybridized carbons (Fsp3) is 0.227. The van der Waals surface area contributed by atoms with Crippen LogP contribution < -0.4 is 5.32 Å². The first-order chi connectivity index (χ1) is 14.0. The Bertz CT molecular complexity index is 965. The van der Waals surface area contributed by atoms with E-state index in [4.69, 9.17) is 9.47 Å². The van der Waals surface area contributed by atoms with Crippen molar-refractivity contribution in [3.63, 3.8) is 0 Å². The maximum absolute atomic E-state index is 12.1. The molecular formula is C22H22N2O4S. The van der Waals surface area contributed by atoms with E-state index in [0.29, 0.717) is 17.3 Å². The molecule has 0 atom stereocenters. The highest BCUT2D eigenvalue weighted by atomic mass is 32.1. The molecule has 1 amide bonds. The summed E-state index contributed by atoms with van der Waals surface area (Å²) in [6.45, 7) is 2.15. The largest absolute Gasteiger partial charge is 0.452 e. The van der Waals surface area contributed by atoms with Crippen LogP contribution in [0.15, 0.2) is 54.7 Å². The van der Waals surface area contributed by atoms with Crippen LogP contribution in [0.3, 0.4) is 0 Å². The van der Waals surface area contributed by atoms with E-state index in [-0.39, 0.29) is 6.61 Å². The number of anilines is 1. The van der Waals surface area contributed by atoms with E-state index in [0.717, 1.165) is 16.9 Å². The summed E-state index contributed by atoms with van der Waals surface area (Å²) in [4.78, 5) is 29.4. The summed E-state index contributed by atoms with van der Waals surface area (Å²) in [6, 6.07) is 15.1. The van der Waals surface area contributed by atoms with Gasteiger partial charge in [0.25, 0.3) is 5.91 Å². The summed E-state index contributed by atoms with van der Waals surface area (Å²) >= 11 is 1.40. The van der Waals surface area contributed by atoms with Crippen molar-refractivity contribution in [2.75, 3.05) is 19.0 Å². The molecule has 6 nitrogen and oxygen atoms in total. The van der Waals surface area contributed by atoms with Crippen LogP contribution in [0.2, 0.25) is 0 Å². The second-order valence-corrected chi connectivity index (χ2v) is 7.66. The van der Waals surface area contributed by atoms with Gasteiger partial charge in [-0.25, -0.2) is 9.78 Å². The number of nitrogens with zero attached hydrogens (tertiary/aromatic N) is 1. The second-order valence-electron chi connectivity index (χ2n) is 6.55. The van der Waals surface area contributed by atoms with Crippen LogP contribution in [0.25, 0.3) is 0 Å². The number of thiazole rings is 1. The minimum Gasteiger partial charge on any atom is -0.452 e. The zero-order valence-electron chi connectivity index (χ0n) is 16.3. The van der Waals surface area contributed by atoms with Gasteiger partial charge in [-0.05, 0) is 30.2 Å². The van der Waals surface area contributed by atoms with Crippen molar-refractivity contribution >= 4 is 28.3 Å². The lowest BCUT2D eigenvalue weighted by molar-refractivity contribution is -0.119. The van der Waals surface area contributed by atoms with Crippen molar-refractivity contribution in [2.45, 2.75) is 20.0 Å². The van der Waals surface area contributed by atoms with Crippen molar-refractivity contribution in [1.82, 2.24) is 4.98 Å². The Hall–Kier alpha value is -3.03. The van der Waals surface area contributed by atoms with E-state index in [2.05, 4.69) is 34.6 Å². The third-order valence-corrected chi connectivity index (χ3v) is 5.05. The van der Waals surface area contributed by atoms with Crippen molar-refractivity contribution in [3.8, 4) is 0 Å². The molecule has 1 heterocycles. The number of rotatable bonds is 8. The number of ether oxygens (including phenoxy) is 2. The molecule has 0 aliphatic rings. The monoisotopic (exact) mass is 410 g/mol. The van der Waals surface area contributed by atoms with Gasteiger partial charge < -0.3 is 9.47 Å². The number of methoxy groups -OCH3 is 1. The molecule has 3 rings (SSSR count). The van der Waals surface area contributed by atoms with Gasteiger partial charge in [-0.1, -0.05) is 42.0 Å².